The molecule has 0 bridgehead atoms. The van der Waals surface area contributed by atoms with Crippen LogP contribution in [0.1, 0.15) is 18.5 Å². The molecule has 4 rings (SSSR count). The van der Waals surface area contributed by atoms with E-state index >= 15 is 0 Å². The van der Waals surface area contributed by atoms with Gasteiger partial charge in [0.05, 0.1) is 0 Å². The van der Waals surface area contributed by atoms with Crippen molar-refractivity contribution in [2.24, 2.45) is 5.92 Å². The second-order valence-corrected chi connectivity index (χ2v) is 6.28. The molecule has 0 spiro atoms. The van der Waals surface area contributed by atoms with E-state index in [1.807, 2.05) is 25.1 Å². The van der Waals surface area contributed by atoms with Crippen molar-refractivity contribution in [2.45, 2.75) is 19.8 Å². The fourth-order valence-corrected chi connectivity index (χ4v) is 3.02. The number of nitrogens with zero attached hydrogens (tertiary/aromatic N) is 7. The molecule has 10 nitrogen and oxygen atoms in total. The third-order valence-corrected chi connectivity index (χ3v) is 4.44. The maximum absolute atomic E-state index is 12.4. The predicted octanol–water partition coefficient (Wildman–Crippen LogP) is 0.944. The van der Waals surface area contributed by atoms with Crippen LogP contribution in [0.4, 0.5) is 11.6 Å². The molecule has 0 radical (unpaired) electrons. The largest absolute Gasteiger partial charge is 0.355 e. The van der Waals surface area contributed by atoms with Gasteiger partial charge in [-0.25, -0.2) is 9.67 Å². The zero-order valence-corrected chi connectivity index (χ0v) is 14.3. The van der Waals surface area contributed by atoms with Crippen molar-refractivity contribution < 1.29 is 4.79 Å². The van der Waals surface area contributed by atoms with E-state index in [2.05, 4.69) is 40.7 Å². The summed E-state index contributed by atoms with van der Waals surface area (Å²) in [5.74, 6) is 1.99. The minimum Gasteiger partial charge on any atom is -0.355 e. The Morgan fingerprint density at radius 2 is 2.00 bits per heavy atom. The molecule has 0 aromatic carbocycles. The lowest BCUT2D eigenvalue weighted by molar-refractivity contribution is -0.120. The zero-order chi connectivity index (χ0) is 17.9. The van der Waals surface area contributed by atoms with Crippen molar-refractivity contribution in [3.05, 3.63) is 36.5 Å². The number of carbonyl (C=O) groups excluding carboxylic acids is 1. The van der Waals surface area contributed by atoms with E-state index in [0.717, 1.165) is 37.4 Å². The normalized spacial score (nSPS) is 15.2. The Bertz CT molecular complexity index is 864. The molecule has 26 heavy (non-hydrogen) atoms. The van der Waals surface area contributed by atoms with Gasteiger partial charge in [0.15, 0.2) is 17.5 Å². The number of carbonyl (C=O) groups is 1. The minimum absolute atomic E-state index is 0.0174. The van der Waals surface area contributed by atoms with Crippen molar-refractivity contribution in [1.29, 1.82) is 0 Å². The molecule has 3 aromatic rings. The number of piperidine rings is 1. The number of aryl methyl sites for hydroxylation is 1. The number of aromatic nitrogens is 7. The molecule has 0 atom stereocenters. The van der Waals surface area contributed by atoms with Crippen LogP contribution in [0, 0.1) is 12.8 Å². The van der Waals surface area contributed by atoms with Gasteiger partial charge in [0.25, 0.3) is 0 Å². The van der Waals surface area contributed by atoms with E-state index in [1.54, 1.807) is 11.0 Å². The average Bonchev–Trinajstić information content (AvgIpc) is 3.34. The molecule has 2 N–H and O–H groups in total. The second-order valence-electron chi connectivity index (χ2n) is 6.28. The number of amides is 1. The molecule has 134 valence electrons. The summed E-state index contributed by atoms with van der Waals surface area (Å²) in [7, 11) is 0. The van der Waals surface area contributed by atoms with Crippen molar-refractivity contribution in [2.75, 3.05) is 23.3 Å². The van der Waals surface area contributed by atoms with Gasteiger partial charge in [0.1, 0.15) is 12.7 Å². The third kappa shape index (κ3) is 3.39. The molecule has 10 heteroatoms. The summed E-state index contributed by atoms with van der Waals surface area (Å²) in [6, 6.07) is 5.59. The smallest absolute Gasteiger partial charge is 0.228 e. The molecule has 1 amide bonds. The van der Waals surface area contributed by atoms with Gasteiger partial charge in [-0.2, -0.15) is 10.2 Å². The van der Waals surface area contributed by atoms with Gasteiger partial charge < -0.3 is 10.2 Å². The van der Waals surface area contributed by atoms with Crippen molar-refractivity contribution in [3.63, 3.8) is 0 Å². The van der Waals surface area contributed by atoms with E-state index in [9.17, 15) is 4.79 Å². The Morgan fingerprint density at radius 1 is 1.23 bits per heavy atom. The Balaban J connectivity index is 1.33. The van der Waals surface area contributed by atoms with Gasteiger partial charge in [0, 0.05) is 30.8 Å². The van der Waals surface area contributed by atoms with Crippen LogP contribution >= 0.6 is 0 Å². The van der Waals surface area contributed by atoms with Crippen LogP contribution in [-0.4, -0.2) is 54.2 Å². The van der Waals surface area contributed by atoms with Crippen molar-refractivity contribution >= 4 is 17.5 Å². The zero-order valence-electron chi connectivity index (χ0n) is 14.3. The number of nitrogens with one attached hydrogen (secondary N) is 2. The van der Waals surface area contributed by atoms with Crippen LogP contribution in [-0.2, 0) is 4.79 Å². The fraction of sp³-hybridized carbons (Fsp3) is 0.375. The summed E-state index contributed by atoms with van der Waals surface area (Å²) in [4.78, 5) is 18.4. The SMILES string of the molecule is Cc1cc(NC(=O)C2CCN(c3ccc(-n4cncn4)nn3)CC2)n[nH]1. The number of anilines is 2. The first-order valence-electron chi connectivity index (χ1n) is 8.45. The summed E-state index contributed by atoms with van der Waals surface area (Å²) in [6.45, 7) is 3.42. The monoisotopic (exact) mass is 353 g/mol. The molecule has 0 saturated carbocycles. The topological polar surface area (TPSA) is 118 Å². The van der Waals surface area contributed by atoms with Gasteiger partial charge >= 0.3 is 0 Å². The highest BCUT2D eigenvalue weighted by molar-refractivity contribution is 5.91. The second kappa shape index (κ2) is 6.90. The first-order chi connectivity index (χ1) is 12.7. The van der Waals surface area contributed by atoms with E-state index in [0.29, 0.717) is 11.6 Å². The molecule has 1 aliphatic rings. The Hall–Kier alpha value is -3.30. The summed E-state index contributed by atoms with van der Waals surface area (Å²) in [5.41, 5.74) is 0.919. The van der Waals surface area contributed by atoms with Crippen LogP contribution in [0.3, 0.4) is 0 Å². The summed E-state index contributed by atoms with van der Waals surface area (Å²) in [6.07, 6.45) is 4.56. The first-order valence-corrected chi connectivity index (χ1v) is 8.45. The quantitative estimate of drug-likeness (QED) is 0.717. The maximum atomic E-state index is 12.4. The number of rotatable bonds is 4. The molecular weight excluding hydrogens is 334 g/mol. The van der Waals surface area contributed by atoms with Gasteiger partial charge in [0.2, 0.25) is 5.91 Å². The Morgan fingerprint density at radius 3 is 2.62 bits per heavy atom. The molecule has 1 aliphatic heterocycles. The number of hydrogen-bond donors (Lipinski definition) is 2. The summed E-state index contributed by atoms with van der Waals surface area (Å²) >= 11 is 0. The maximum Gasteiger partial charge on any atom is 0.228 e. The Kier molecular flexibility index (Phi) is 4.30. The van der Waals surface area contributed by atoms with Crippen LogP contribution in [0.15, 0.2) is 30.9 Å². The van der Waals surface area contributed by atoms with E-state index in [-0.39, 0.29) is 11.8 Å². The highest BCUT2D eigenvalue weighted by atomic mass is 16.2. The highest BCUT2D eigenvalue weighted by Gasteiger charge is 2.26. The van der Waals surface area contributed by atoms with Gasteiger partial charge in [-0.05, 0) is 31.9 Å². The molecule has 0 aliphatic carbocycles. The molecule has 0 unspecified atom stereocenters. The first kappa shape index (κ1) is 16.2. The summed E-state index contributed by atoms with van der Waals surface area (Å²) in [5, 5.41) is 22.2. The molecule has 1 saturated heterocycles. The summed E-state index contributed by atoms with van der Waals surface area (Å²) < 4.78 is 1.56. The average molecular weight is 353 g/mol. The number of hydrogen-bond acceptors (Lipinski definition) is 7. The third-order valence-electron chi connectivity index (χ3n) is 4.44. The fourth-order valence-electron chi connectivity index (χ4n) is 3.02. The van der Waals surface area contributed by atoms with Crippen molar-refractivity contribution in [1.82, 2.24) is 35.2 Å². The number of H-pyrrole nitrogens is 1. The van der Waals surface area contributed by atoms with E-state index in [4.69, 9.17) is 0 Å². The van der Waals surface area contributed by atoms with Crippen LogP contribution in [0.25, 0.3) is 5.82 Å². The standard InChI is InChI=1S/C16H19N9O/c1-11-8-13(21-20-11)19-16(26)12-4-6-24(7-5-12)14-2-3-15(23-22-14)25-10-17-9-18-25/h2-3,8-10,12H,4-7H2,1H3,(H2,19,20,21,26). The van der Waals surface area contributed by atoms with Gasteiger partial charge in [-0.3, -0.25) is 9.89 Å². The highest BCUT2D eigenvalue weighted by Crippen LogP contribution is 2.23. The van der Waals surface area contributed by atoms with Gasteiger partial charge in [-0.1, -0.05) is 0 Å². The lowest BCUT2D eigenvalue weighted by Crippen LogP contribution is -2.38. The minimum atomic E-state index is -0.0226. The Labute approximate surface area is 149 Å². The van der Waals surface area contributed by atoms with E-state index in [1.165, 1.54) is 6.33 Å². The van der Waals surface area contributed by atoms with Crippen molar-refractivity contribution in [3.8, 4) is 5.82 Å². The predicted molar refractivity (Wildman–Crippen MR) is 93.8 cm³/mol. The lowest BCUT2D eigenvalue weighted by atomic mass is 9.96. The molecular formula is C16H19N9O. The van der Waals surface area contributed by atoms with Gasteiger partial charge in [-0.15, -0.1) is 10.2 Å². The van der Waals surface area contributed by atoms with E-state index < -0.39 is 0 Å². The number of aromatic amines is 1. The molecule has 3 aromatic heterocycles. The molecule has 1 fully saturated rings. The van der Waals surface area contributed by atoms with Crippen LogP contribution < -0.4 is 10.2 Å². The molecule has 4 heterocycles. The lowest BCUT2D eigenvalue weighted by Gasteiger charge is -2.31. The van der Waals surface area contributed by atoms with Crippen LogP contribution in [0.2, 0.25) is 0 Å². The van der Waals surface area contributed by atoms with Crippen LogP contribution in [0.5, 0.6) is 0 Å².